The molecule has 0 saturated heterocycles. The minimum Gasteiger partial charge on any atom is -0.461 e. The van der Waals surface area contributed by atoms with Gasteiger partial charge in [0.05, 0.1) is 29.2 Å². The van der Waals surface area contributed by atoms with E-state index in [1.807, 2.05) is 0 Å². The van der Waals surface area contributed by atoms with Crippen molar-refractivity contribution in [1.29, 1.82) is 0 Å². The maximum absolute atomic E-state index is 13.2. The molecule has 0 atom stereocenters. The molecule has 0 radical (unpaired) electrons. The van der Waals surface area contributed by atoms with Gasteiger partial charge in [0.25, 0.3) is 0 Å². The lowest BCUT2D eigenvalue weighted by molar-refractivity contribution is 0.0518. The normalized spacial score (nSPS) is 10.7. The number of esters is 1. The Morgan fingerprint density at radius 2 is 2.29 bits per heavy atom. The van der Waals surface area contributed by atoms with Crippen LogP contribution in [0.5, 0.6) is 0 Å². The van der Waals surface area contributed by atoms with Crippen LogP contribution in [0, 0.1) is 5.82 Å². The Labute approximate surface area is 134 Å². The van der Waals surface area contributed by atoms with Gasteiger partial charge in [-0.25, -0.2) is 13.9 Å². The number of hydrogen-bond acceptors (Lipinski definition) is 4. The van der Waals surface area contributed by atoms with Gasteiger partial charge < -0.3 is 4.74 Å². The van der Waals surface area contributed by atoms with E-state index in [9.17, 15) is 9.18 Å². The van der Waals surface area contributed by atoms with Crippen molar-refractivity contribution in [3.63, 3.8) is 0 Å². The van der Waals surface area contributed by atoms with E-state index in [0.29, 0.717) is 16.7 Å². The Bertz CT molecular complexity index is 663. The number of nitrogens with zero attached hydrogens (tertiary/aromatic N) is 3. The van der Waals surface area contributed by atoms with Crippen LogP contribution in [0.2, 0.25) is 0 Å². The fraction of sp³-hybridized carbons (Fsp3) is 0.308. The first-order valence-corrected chi connectivity index (χ1v) is 7.49. The van der Waals surface area contributed by atoms with Crippen LogP contribution in [0.3, 0.4) is 0 Å². The second-order valence-electron chi connectivity index (χ2n) is 4.14. The van der Waals surface area contributed by atoms with Crippen molar-refractivity contribution >= 4 is 33.5 Å². The van der Waals surface area contributed by atoms with Crippen molar-refractivity contribution in [3.8, 4) is 0 Å². The van der Waals surface area contributed by atoms with Crippen LogP contribution < -0.4 is 0 Å². The zero-order valence-electron chi connectivity index (χ0n) is 11.1. The third-order valence-electron chi connectivity index (χ3n) is 2.75. The Morgan fingerprint density at radius 1 is 1.52 bits per heavy atom. The summed E-state index contributed by atoms with van der Waals surface area (Å²) in [6.07, 6.45) is 0. The summed E-state index contributed by atoms with van der Waals surface area (Å²) in [6.45, 7) is 2.28. The standard InChI is InChI=1S/C13H12BrClFN3O2/c1-2-21-13(20)12-11(6-15)19(18-17-12)7-8-3-4-10(16)9(14)5-8/h3-5H,2,6-7H2,1H3. The van der Waals surface area contributed by atoms with Gasteiger partial charge in [-0.1, -0.05) is 11.3 Å². The fourth-order valence-electron chi connectivity index (χ4n) is 1.76. The zero-order chi connectivity index (χ0) is 15.4. The molecule has 8 heteroatoms. The van der Waals surface area contributed by atoms with E-state index in [-0.39, 0.29) is 24.0 Å². The summed E-state index contributed by atoms with van der Waals surface area (Å²) in [4.78, 5) is 11.7. The lowest BCUT2D eigenvalue weighted by Crippen LogP contribution is -2.10. The first-order valence-electron chi connectivity index (χ1n) is 6.16. The van der Waals surface area contributed by atoms with Crippen LogP contribution in [0.15, 0.2) is 22.7 Å². The molecule has 0 saturated carbocycles. The highest BCUT2D eigenvalue weighted by Gasteiger charge is 2.20. The second kappa shape index (κ2) is 7.00. The topological polar surface area (TPSA) is 57.0 Å². The summed E-state index contributed by atoms with van der Waals surface area (Å²) in [6, 6.07) is 4.62. The van der Waals surface area contributed by atoms with Crippen molar-refractivity contribution in [1.82, 2.24) is 15.0 Å². The molecular weight excluding hydrogens is 365 g/mol. The Kier molecular flexibility index (Phi) is 5.30. The second-order valence-corrected chi connectivity index (χ2v) is 5.27. The van der Waals surface area contributed by atoms with Gasteiger partial charge >= 0.3 is 5.97 Å². The number of rotatable bonds is 5. The van der Waals surface area contributed by atoms with Gasteiger partial charge in [-0.2, -0.15) is 0 Å². The van der Waals surface area contributed by atoms with Gasteiger partial charge in [0, 0.05) is 0 Å². The Hall–Kier alpha value is -1.47. The number of carbonyl (C=O) groups is 1. The molecule has 21 heavy (non-hydrogen) atoms. The summed E-state index contributed by atoms with van der Waals surface area (Å²) in [5.74, 6) is -0.828. The molecule has 0 aliphatic rings. The molecule has 112 valence electrons. The van der Waals surface area contributed by atoms with Crippen LogP contribution in [-0.2, 0) is 17.2 Å². The SMILES string of the molecule is CCOC(=O)c1nnn(Cc2ccc(F)c(Br)c2)c1CCl. The van der Waals surface area contributed by atoms with Crippen LogP contribution in [0.25, 0.3) is 0 Å². The molecule has 0 bridgehead atoms. The average molecular weight is 377 g/mol. The van der Waals surface area contributed by atoms with Crippen LogP contribution in [0.1, 0.15) is 28.7 Å². The van der Waals surface area contributed by atoms with E-state index in [0.717, 1.165) is 5.56 Å². The van der Waals surface area contributed by atoms with E-state index in [4.69, 9.17) is 16.3 Å². The number of ether oxygens (including phenoxy) is 1. The molecule has 0 N–H and O–H groups in total. The number of aromatic nitrogens is 3. The van der Waals surface area contributed by atoms with Crippen molar-refractivity contribution in [2.45, 2.75) is 19.3 Å². The van der Waals surface area contributed by atoms with Crippen molar-refractivity contribution < 1.29 is 13.9 Å². The lowest BCUT2D eigenvalue weighted by atomic mass is 10.2. The van der Waals surface area contributed by atoms with Gasteiger partial charge in [0.1, 0.15) is 5.82 Å². The molecule has 5 nitrogen and oxygen atoms in total. The highest BCUT2D eigenvalue weighted by Crippen LogP contribution is 2.19. The summed E-state index contributed by atoms with van der Waals surface area (Å²) in [5, 5.41) is 7.72. The molecule has 0 amide bonds. The smallest absolute Gasteiger partial charge is 0.360 e. The number of hydrogen-bond donors (Lipinski definition) is 0. The maximum atomic E-state index is 13.2. The molecule has 1 aromatic heterocycles. The molecule has 1 aromatic carbocycles. The van der Waals surface area contributed by atoms with Crippen LogP contribution >= 0.6 is 27.5 Å². The molecule has 0 aliphatic heterocycles. The number of halogens is 3. The summed E-state index contributed by atoms with van der Waals surface area (Å²) < 4.78 is 20.0. The first-order chi connectivity index (χ1) is 10.1. The molecule has 2 aromatic rings. The lowest BCUT2D eigenvalue weighted by Gasteiger charge is -2.06. The number of carbonyl (C=O) groups excluding carboxylic acids is 1. The van der Waals surface area contributed by atoms with Crippen LogP contribution in [0.4, 0.5) is 4.39 Å². The Balaban J connectivity index is 2.28. The number of benzene rings is 1. The van der Waals surface area contributed by atoms with Gasteiger partial charge in [0.2, 0.25) is 0 Å². The minimum absolute atomic E-state index is 0.0729. The predicted octanol–water partition coefficient (Wildman–Crippen LogP) is 3.14. The Morgan fingerprint density at radius 3 is 2.90 bits per heavy atom. The van der Waals surface area contributed by atoms with E-state index in [2.05, 4.69) is 26.2 Å². The zero-order valence-corrected chi connectivity index (χ0v) is 13.5. The molecular formula is C13H12BrClFN3O2. The monoisotopic (exact) mass is 375 g/mol. The minimum atomic E-state index is -0.556. The van der Waals surface area contributed by atoms with Gasteiger partial charge in [0.15, 0.2) is 5.69 Å². The highest BCUT2D eigenvalue weighted by atomic mass is 79.9. The molecule has 2 rings (SSSR count). The maximum Gasteiger partial charge on any atom is 0.360 e. The van der Waals surface area contributed by atoms with Gasteiger partial charge in [-0.05, 0) is 40.5 Å². The third-order valence-corrected chi connectivity index (χ3v) is 3.61. The summed E-state index contributed by atoms with van der Waals surface area (Å²) >= 11 is 8.99. The van der Waals surface area contributed by atoms with Crippen molar-refractivity contribution in [2.24, 2.45) is 0 Å². The van der Waals surface area contributed by atoms with Gasteiger partial charge in [-0.3, -0.25) is 0 Å². The molecule has 1 heterocycles. The van der Waals surface area contributed by atoms with Gasteiger partial charge in [-0.15, -0.1) is 16.7 Å². The van der Waals surface area contributed by atoms with E-state index < -0.39 is 5.97 Å². The van der Waals surface area contributed by atoms with Crippen LogP contribution in [-0.4, -0.2) is 27.6 Å². The van der Waals surface area contributed by atoms with Crippen molar-refractivity contribution in [2.75, 3.05) is 6.61 Å². The van der Waals surface area contributed by atoms with E-state index in [1.54, 1.807) is 19.1 Å². The largest absolute Gasteiger partial charge is 0.461 e. The van der Waals surface area contributed by atoms with E-state index >= 15 is 0 Å². The number of alkyl halides is 1. The quantitative estimate of drug-likeness (QED) is 0.594. The molecule has 0 aliphatic carbocycles. The highest BCUT2D eigenvalue weighted by molar-refractivity contribution is 9.10. The van der Waals surface area contributed by atoms with E-state index in [1.165, 1.54) is 10.7 Å². The molecule has 0 unspecified atom stereocenters. The van der Waals surface area contributed by atoms with Crippen molar-refractivity contribution in [3.05, 3.63) is 45.4 Å². The predicted molar refractivity (Wildman–Crippen MR) is 78.7 cm³/mol. The third kappa shape index (κ3) is 3.59. The molecule has 0 spiro atoms. The summed E-state index contributed by atoms with van der Waals surface area (Å²) in [7, 11) is 0. The fourth-order valence-corrected chi connectivity index (χ4v) is 2.45. The average Bonchev–Trinajstić information content (AvgIpc) is 2.86. The molecule has 0 fully saturated rings. The first kappa shape index (κ1) is 15.9. The summed E-state index contributed by atoms with van der Waals surface area (Å²) in [5.41, 5.74) is 1.37.